The van der Waals surface area contributed by atoms with Crippen LogP contribution < -0.4 is 11.1 Å². The lowest BCUT2D eigenvalue weighted by Crippen LogP contribution is -2.62. The molecule has 2 fully saturated rings. The highest BCUT2D eigenvalue weighted by atomic mass is 16.7. The molecule has 19 nitrogen and oxygen atoms in total. The zero-order chi connectivity index (χ0) is 53.0. The van der Waals surface area contributed by atoms with E-state index in [9.17, 15) is 65.8 Å². The molecular formula is C53H78N2O17. The van der Waals surface area contributed by atoms with Crippen LogP contribution in [0.3, 0.4) is 0 Å². The molecule has 14 N–H and O–H groups in total. The predicted molar refractivity (Wildman–Crippen MR) is 264 cm³/mol. The first-order chi connectivity index (χ1) is 34.2. The number of cyclic esters (lactones) is 1. The number of hydrogen-bond donors (Lipinski definition) is 13. The number of hydrogen-bond acceptors (Lipinski definition) is 18. The molecule has 402 valence electrons. The maximum atomic E-state index is 13.9. The number of carbonyl (C=O) groups excluding carboxylic acids is 2. The second-order valence-corrected chi connectivity index (χ2v) is 19.1. The number of carbonyl (C=O) groups is 2. The average Bonchev–Trinajstić information content (AvgIpc) is 3.32. The average molecular weight is 1020 g/mol. The van der Waals surface area contributed by atoms with Crippen LogP contribution in [0, 0.1) is 17.8 Å². The molecule has 1 amide bonds. The van der Waals surface area contributed by atoms with Crippen LogP contribution >= 0.6 is 0 Å². The highest BCUT2D eigenvalue weighted by Crippen LogP contribution is 2.38. The summed E-state index contributed by atoms with van der Waals surface area (Å²) >= 11 is 0. The molecule has 0 spiro atoms. The van der Waals surface area contributed by atoms with Crippen molar-refractivity contribution in [1.29, 1.82) is 0 Å². The number of aliphatic hydroxyl groups is 11. The third-order valence-electron chi connectivity index (χ3n) is 13.1. The predicted octanol–water partition coefficient (Wildman–Crippen LogP) is 0.873. The van der Waals surface area contributed by atoms with E-state index in [4.69, 9.17) is 24.7 Å². The van der Waals surface area contributed by atoms with Gasteiger partial charge in [-0.2, -0.15) is 0 Å². The Hall–Kier alpha value is -4.26. The Morgan fingerprint density at radius 1 is 0.694 bits per heavy atom. The van der Waals surface area contributed by atoms with Gasteiger partial charge in [-0.1, -0.05) is 129 Å². The minimum atomic E-state index is -2.32. The van der Waals surface area contributed by atoms with Crippen LogP contribution in [0.2, 0.25) is 0 Å². The Bertz CT molecular complexity index is 2000. The Balaban J connectivity index is 1.61. The number of aliphatic hydroxyl groups excluding tert-OH is 10. The van der Waals surface area contributed by atoms with Crippen molar-refractivity contribution < 1.29 is 84.7 Å². The molecule has 3 aliphatic rings. The lowest BCUT2D eigenvalue weighted by molar-refractivity contribution is -0.331. The van der Waals surface area contributed by atoms with Crippen LogP contribution in [-0.4, -0.2) is 166 Å². The van der Waals surface area contributed by atoms with Gasteiger partial charge in [0.05, 0.1) is 73.3 Å². The molecule has 19 atom stereocenters. The summed E-state index contributed by atoms with van der Waals surface area (Å²) < 4.78 is 23.2. The maximum Gasteiger partial charge on any atom is 0.308 e. The number of benzene rings is 1. The zero-order valence-corrected chi connectivity index (χ0v) is 41.2. The molecule has 19 heteroatoms. The minimum Gasteiger partial charge on any atom is -0.462 e. The van der Waals surface area contributed by atoms with E-state index in [2.05, 4.69) is 5.32 Å². The van der Waals surface area contributed by atoms with Crippen molar-refractivity contribution in [3.05, 3.63) is 121 Å². The van der Waals surface area contributed by atoms with Gasteiger partial charge >= 0.3 is 5.97 Å². The van der Waals surface area contributed by atoms with Gasteiger partial charge in [-0.3, -0.25) is 9.59 Å². The van der Waals surface area contributed by atoms with Crippen LogP contribution in [0.4, 0.5) is 0 Å². The van der Waals surface area contributed by atoms with Gasteiger partial charge in [0.15, 0.2) is 18.4 Å². The van der Waals surface area contributed by atoms with Crippen molar-refractivity contribution in [2.75, 3.05) is 0 Å². The lowest BCUT2D eigenvalue weighted by Gasteiger charge is -2.46. The number of rotatable bonds is 5. The fourth-order valence-electron chi connectivity index (χ4n) is 8.70. The second kappa shape index (κ2) is 30.2. The summed E-state index contributed by atoms with van der Waals surface area (Å²) in [5.74, 6) is -5.79. The second-order valence-electron chi connectivity index (χ2n) is 19.1. The van der Waals surface area contributed by atoms with E-state index in [1.165, 1.54) is 6.08 Å². The van der Waals surface area contributed by atoms with Gasteiger partial charge in [0.25, 0.3) is 0 Å². The Morgan fingerprint density at radius 3 is 1.92 bits per heavy atom. The molecule has 2 unspecified atom stereocenters. The summed E-state index contributed by atoms with van der Waals surface area (Å²) in [7, 11) is 0. The molecule has 2 bridgehead atoms. The number of nitrogens with one attached hydrogen (secondary N) is 1. The Labute approximate surface area is 421 Å². The van der Waals surface area contributed by atoms with Gasteiger partial charge in [0, 0.05) is 44.1 Å². The van der Waals surface area contributed by atoms with Crippen LogP contribution in [-0.2, 0) is 35.1 Å². The third-order valence-corrected chi connectivity index (χ3v) is 13.1. The van der Waals surface area contributed by atoms with Gasteiger partial charge in [0.1, 0.15) is 18.3 Å². The summed E-state index contributed by atoms with van der Waals surface area (Å²) in [4.78, 5) is 26.6. The van der Waals surface area contributed by atoms with Crippen molar-refractivity contribution in [1.82, 2.24) is 5.32 Å². The fraction of sp³-hybridized carbons (Fsp3) is 0.585. The molecular weight excluding hydrogens is 937 g/mol. The molecule has 1 aromatic carbocycles. The fourth-order valence-corrected chi connectivity index (χ4v) is 8.70. The third kappa shape index (κ3) is 19.9. The van der Waals surface area contributed by atoms with Gasteiger partial charge in [-0.25, -0.2) is 0 Å². The number of fused-ring (bicyclic) bond motifs is 2. The molecule has 4 rings (SSSR count). The molecule has 3 aliphatic heterocycles. The van der Waals surface area contributed by atoms with Gasteiger partial charge in [-0.05, 0) is 31.7 Å². The first-order valence-electron chi connectivity index (χ1n) is 24.6. The molecule has 0 aliphatic carbocycles. The first kappa shape index (κ1) is 60.3. The largest absolute Gasteiger partial charge is 0.462 e. The van der Waals surface area contributed by atoms with Crippen LogP contribution in [0.25, 0.3) is 0 Å². The summed E-state index contributed by atoms with van der Waals surface area (Å²) in [5, 5.41) is 123. The van der Waals surface area contributed by atoms with E-state index in [0.717, 1.165) is 5.56 Å². The van der Waals surface area contributed by atoms with E-state index in [1.54, 1.807) is 98.9 Å². The zero-order valence-electron chi connectivity index (χ0n) is 41.2. The minimum absolute atomic E-state index is 0.0775. The summed E-state index contributed by atoms with van der Waals surface area (Å²) in [5.41, 5.74) is 6.72. The van der Waals surface area contributed by atoms with E-state index in [0.29, 0.717) is 0 Å². The first-order valence-corrected chi connectivity index (χ1v) is 24.6. The number of nitrogens with two attached hydrogens (primary N) is 1. The highest BCUT2D eigenvalue weighted by molar-refractivity contribution is 5.80. The highest BCUT2D eigenvalue weighted by Gasteiger charge is 2.51. The van der Waals surface area contributed by atoms with Crippen LogP contribution in [0.1, 0.15) is 77.7 Å². The van der Waals surface area contributed by atoms with Crippen LogP contribution in [0.5, 0.6) is 0 Å². The van der Waals surface area contributed by atoms with Gasteiger partial charge in [-0.15, -0.1) is 0 Å². The molecule has 0 radical (unpaired) electrons. The maximum absolute atomic E-state index is 13.9. The van der Waals surface area contributed by atoms with Crippen LogP contribution in [0.15, 0.2) is 115 Å². The lowest BCUT2D eigenvalue weighted by atomic mass is 9.82. The Kier molecular flexibility index (Phi) is 25.3. The monoisotopic (exact) mass is 1010 g/mol. The summed E-state index contributed by atoms with van der Waals surface area (Å²) in [6.07, 6.45) is 1.88. The van der Waals surface area contributed by atoms with Gasteiger partial charge < -0.3 is 86.2 Å². The smallest absolute Gasteiger partial charge is 0.308 e. The number of ether oxygens (including phenoxy) is 4. The van der Waals surface area contributed by atoms with E-state index in [-0.39, 0.29) is 38.1 Å². The molecule has 72 heavy (non-hydrogen) atoms. The molecule has 1 aromatic rings. The van der Waals surface area contributed by atoms with E-state index >= 15 is 0 Å². The number of amides is 1. The normalized spacial score (nSPS) is 42.1. The molecule has 3 heterocycles. The number of esters is 1. The van der Waals surface area contributed by atoms with E-state index in [1.807, 2.05) is 31.2 Å². The summed E-state index contributed by atoms with van der Waals surface area (Å²) in [6, 6.07) is 7.58. The molecule has 0 aromatic heterocycles. The Morgan fingerprint density at radius 2 is 1.29 bits per heavy atom. The van der Waals surface area contributed by atoms with Crippen molar-refractivity contribution in [2.24, 2.45) is 23.5 Å². The quantitative estimate of drug-likeness (QED) is 0.182. The van der Waals surface area contributed by atoms with Crippen molar-refractivity contribution in [3.63, 3.8) is 0 Å². The van der Waals surface area contributed by atoms with Crippen molar-refractivity contribution in [3.8, 4) is 0 Å². The summed E-state index contributed by atoms with van der Waals surface area (Å²) in [6.45, 7) is 5.30. The van der Waals surface area contributed by atoms with Crippen molar-refractivity contribution in [2.45, 2.75) is 176 Å². The van der Waals surface area contributed by atoms with E-state index < -0.39 is 147 Å². The standard InChI is InChI=1S/C53H78N2O17/c1-32-19-15-12-10-8-6-4-5-7-9-11-13-18-22-39(70-52-49(65)46(54)48(64)51(67)71-52)28-43-45(50(66)55-31-35-20-16-14-17-21-35)42(61)30-53(68,72-43)29-38(58)26-41(60)40(59)24-23-36(56)25-37(57)27-44(62)69-34(3)33(2)47(32)63/h4-22,32-34,36-43,45-49,51-52,56-61,63-65,67-68H,23-31,54H2,1-3H3,(H,55,66)/b5-4+,8-6+,9-7+,12-10+,13-11+,19-15+,22-18+/t32?,33-,34-,36+,37+,38-,39-,40+,41+,42-,43-,45+,46-,47+,48-,49-,51-,52?,53+/m0/s1. The topological polar surface area (TPSA) is 332 Å². The molecule has 0 saturated carbocycles. The van der Waals surface area contributed by atoms with Crippen molar-refractivity contribution >= 4 is 11.9 Å². The number of allylic oxidation sites excluding steroid dienone is 12. The molecule has 2 saturated heterocycles. The van der Waals surface area contributed by atoms with Gasteiger partial charge in [0.2, 0.25) is 5.91 Å². The SMILES string of the molecule is CC1/C=C/C=C/C=C/C=C/C=C/C=C/C=C/[C@H](OC2O[C@H](O)[C@@H](O)[C@H](N)[C@@H]2O)C[C@@H]2O[C@](O)(C[C@@H](O)C[C@@H](O)[C@H](O)CC[C@@H](O)C[C@@H](O)CC(=O)O[C@@H](C)[C@H](C)[C@@H]1O)C[C@H](O)[C@H]2C(=O)NCc1ccccc1.